The first-order valence-electron chi connectivity index (χ1n) is 9.65. The van der Waals surface area contributed by atoms with Crippen molar-refractivity contribution in [2.45, 2.75) is 103 Å². The molecule has 0 aliphatic heterocycles. The maximum atomic E-state index is 7.58. The molecule has 0 rings (SSSR count). The summed E-state index contributed by atoms with van der Waals surface area (Å²) in [4.78, 5) is 3.86. The fourth-order valence-electron chi connectivity index (χ4n) is 2.55. The Labute approximate surface area is 161 Å². The van der Waals surface area contributed by atoms with Crippen LogP contribution in [0.15, 0.2) is 11.6 Å². The standard InChI is InChI=1S/C20H43NOSi3/c1-20(2,3)25(11,12)22-15-19(21-4)14-13-18(16-23(5,6)7)17-24(8,9)10/h13,19H,14-17H2,1-3,5-12H3. The summed E-state index contributed by atoms with van der Waals surface area (Å²) in [6.45, 7) is 34.1. The Morgan fingerprint density at radius 3 is 1.72 bits per heavy atom. The summed E-state index contributed by atoms with van der Waals surface area (Å²) < 4.78 is 6.29. The lowest BCUT2D eigenvalue weighted by Crippen LogP contribution is -2.42. The van der Waals surface area contributed by atoms with Crippen molar-refractivity contribution in [3.63, 3.8) is 0 Å². The molecule has 0 fully saturated rings. The van der Waals surface area contributed by atoms with Gasteiger partial charge in [-0.3, -0.25) is 0 Å². The van der Waals surface area contributed by atoms with Crippen LogP contribution in [0.2, 0.25) is 69.5 Å². The van der Waals surface area contributed by atoms with E-state index in [4.69, 9.17) is 11.0 Å². The van der Waals surface area contributed by atoms with Crippen molar-refractivity contribution in [2.24, 2.45) is 0 Å². The molecule has 0 aliphatic rings. The first-order valence-corrected chi connectivity index (χ1v) is 20.0. The molecule has 2 nitrogen and oxygen atoms in total. The number of nitrogens with zero attached hydrogens (tertiary/aromatic N) is 1. The van der Waals surface area contributed by atoms with Crippen LogP contribution in [0.1, 0.15) is 27.2 Å². The van der Waals surface area contributed by atoms with Crippen molar-refractivity contribution in [3.8, 4) is 0 Å². The molecule has 0 aromatic heterocycles. The van der Waals surface area contributed by atoms with Gasteiger partial charge in [0.1, 0.15) is 6.61 Å². The Morgan fingerprint density at radius 1 is 0.960 bits per heavy atom. The Bertz CT molecular complexity index is 467. The van der Waals surface area contributed by atoms with Crippen molar-refractivity contribution >= 4 is 24.5 Å². The molecule has 0 aromatic rings. The Morgan fingerprint density at radius 2 is 1.40 bits per heavy atom. The molecule has 0 spiro atoms. The molecule has 0 amide bonds. The van der Waals surface area contributed by atoms with E-state index < -0.39 is 24.5 Å². The van der Waals surface area contributed by atoms with Gasteiger partial charge in [-0.15, -0.1) is 0 Å². The van der Waals surface area contributed by atoms with E-state index in [1.54, 1.807) is 5.57 Å². The molecular weight excluding hydrogens is 354 g/mol. The summed E-state index contributed by atoms with van der Waals surface area (Å²) in [5, 5.41) is 0.205. The lowest BCUT2D eigenvalue weighted by Gasteiger charge is -2.36. The van der Waals surface area contributed by atoms with E-state index >= 15 is 0 Å². The molecule has 25 heavy (non-hydrogen) atoms. The van der Waals surface area contributed by atoms with Gasteiger partial charge >= 0.3 is 0 Å². The third-order valence-corrected chi connectivity index (χ3v) is 12.3. The highest BCUT2D eigenvalue weighted by molar-refractivity contribution is 6.78. The maximum Gasteiger partial charge on any atom is 0.248 e. The fourth-order valence-corrected chi connectivity index (χ4v) is 7.11. The minimum atomic E-state index is -1.77. The lowest BCUT2D eigenvalue weighted by atomic mass is 10.2. The second-order valence-electron chi connectivity index (χ2n) is 11.4. The van der Waals surface area contributed by atoms with Crippen LogP contribution in [0.5, 0.6) is 0 Å². The van der Waals surface area contributed by atoms with Crippen LogP contribution in [0, 0.1) is 6.57 Å². The average molecular weight is 398 g/mol. The second-order valence-corrected chi connectivity index (χ2v) is 27.2. The quantitative estimate of drug-likeness (QED) is 0.226. The van der Waals surface area contributed by atoms with Crippen LogP contribution < -0.4 is 0 Å². The smallest absolute Gasteiger partial charge is 0.248 e. The molecule has 0 N–H and O–H groups in total. The van der Waals surface area contributed by atoms with Crippen molar-refractivity contribution < 1.29 is 4.43 Å². The van der Waals surface area contributed by atoms with E-state index in [1.165, 1.54) is 12.1 Å². The number of allylic oxidation sites excluding steroid dienone is 1. The van der Waals surface area contributed by atoms with Gasteiger partial charge in [-0.2, -0.15) is 0 Å². The normalized spacial score (nSPS) is 14.8. The first kappa shape index (κ1) is 24.8. The summed E-state index contributed by atoms with van der Waals surface area (Å²) in [5.74, 6) is 0. The summed E-state index contributed by atoms with van der Waals surface area (Å²) in [7, 11) is -4.01. The average Bonchev–Trinajstić information content (AvgIpc) is 2.33. The molecule has 0 radical (unpaired) electrons. The third kappa shape index (κ3) is 11.2. The van der Waals surface area contributed by atoms with Crippen molar-refractivity contribution in [1.82, 2.24) is 0 Å². The van der Waals surface area contributed by atoms with Gasteiger partial charge in [0.2, 0.25) is 6.04 Å². The van der Waals surface area contributed by atoms with Crippen LogP contribution in [-0.2, 0) is 4.43 Å². The Hall–Kier alpha value is -0.159. The van der Waals surface area contributed by atoms with Gasteiger partial charge in [0.05, 0.1) is 0 Å². The summed E-state index contributed by atoms with van der Waals surface area (Å²) in [6, 6.07) is 2.50. The van der Waals surface area contributed by atoms with Gasteiger partial charge in [0.15, 0.2) is 8.32 Å². The van der Waals surface area contributed by atoms with Crippen LogP contribution in [0.25, 0.3) is 4.85 Å². The van der Waals surface area contributed by atoms with E-state index in [0.717, 1.165) is 6.42 Å². The van der Waals surface area contributed by atoms with Crippen molar-refractivity contribution in [3.05, 3.63) is 23.1 Å². The molecule has 0 aromatic carbocycles. The highest BCUT2D eigenvalue weighted by atomic mass is 28.4. The molecule has 0 heterocycles. The molecule has 0 aliphatic carbocycles. The van der Waals surface area contributed by atoms with Gasteiger partial charge in [0, 0.05) is 22.6 Å². The summed E-state index contributed by atoms with van der Waals surface area (Å²) in [6.07, 6.45) is 3.25. The van der Waals surface area contributed by atoms with E-state index in [-0.39, 0.29) is 11.1 Å². The second kappa shape index (κ2) is 9.16. The predicted molar refractivity (Wildman–Crippen MR) is 123 cm³/mol. The maximum absolute atomic E-state index is 7.58. The van der Waals surface area contributed by atoms with E-state index in [0.29, 0.717) is 6.61 Å². The molecule has 1 atom stereocenters. The summed E-state index contributed by atoms with van der Waals surface area (Å²) in [5.41, 5.74) is 1.61. The van der Waals surface area contributed by atoms with Gasteiger partial charge in [-0.05, 0) is 30.2 Å². The van der Waals surface area contributed by atoms with Gasteiger partial charge < -0.3 is 9.27 Å². The zero-order valence-electron chi connectivity index (χ0n) is 18.8. The zero-order chi connectivity index (χ0) is 20.1. The van der Waals surface area contributed by atoms with Crippen LogP contribution in [0.4, 0.5) is 0 Å². The zero-order valence-corrected chi connectivity index (χ0v) is 21.8. The van der Waals surface area contributed by atoms with Gasteiger partial charge in [-0.1, -0.05) is 71.7 Å². The molecular formula is C20H43NOSi3. The Kier molecular flexibility index (Phi) is 9.11. The van der Waals surface area contributed by atoms with Crippen molar-refractivity contribution in [2.75, 3.05) is 6.61 Å². The number of hydrogen-bond donors (Lipinski definition) is 0. The summed E-state index contributed by atoms with van der Waals surface area (Å²) >= 11 is 0. The monoisotopic (exact) mass is 397 g/mol. The molecule has 5 heteroatoms. The third-order valence-electron chi connectivity index (χ3n) is 4.82. The largest absolute Gasteiger partial charge is 0.409 e. The number of rotatable bonds is 9. The van der Waals surface area contributed by atoms with E-state index in [2.05, 4.69) is 84.1 Å². The molecule has 0 saturated carbocycles. The lowest BCUT2D eigenvalue weighted by molar-refractivity contribution is 0.276. The molecule has 1 unspecified atom stereocenters. The molecule has 0 saturated heterocycles. The van der Waals surface area contributed by atoms with Crippen LogP contribution in [-0.4, -0.2) is 37.1 Å². The fraction of sp³-hybridized carbons (Fsp3) is 0.850. The van der Waals surface area contributed by atoms with Gasteiger partial charge in [0.25, 0.3) is 0 Å². The SMILES string of the molecule is [C-]#[N+]C(CC=C(C[Si](C)(C)C)C[Si](C)(C)C)CO[Si](C)(C)C(C)(C)C. The predicted octanol–water partition coefficient (Wildman–Crippen LogP) is 7.29. The van der Waals surface area contributed by atoms with Crippen molar-refractivity contribution in [1.29, 1.82) is 0 Å². The Balaban J connectivity index is 5.01. The molecule has 146 valence electrons. The minimum absolute atomic E-state index is 0.0348. The van der Waals surface area contributed by atoms with Crippen LogP contribution in [0.3, 0.4) is 0 Å². The van der Waals surface area contributed by atoms with E-state index in [1.807, 2.05) is 0 Å². The van der Waals surface area contributed by atoms with Crippen LogP contribution >= 0.6 is 0 Å². The van der Waals surface area contributed by atoms with Gasteiger partial charge in [-0.25, -0.2) is 6.57 Å². The first-order chi connectivity index (χ1) is 11.0. The number of hydrogen-bond acceptors (Lipinski definition) is 1. The molecule has 0 bridgehead atoms. The highest BCUT2D eigenvalue weighted by Crippen LogP contribution is 2.36. The highest BCUT2D eigenvalue weighted by Gasteiger charge is 2.38. The topological polar surface area (TPSA) is 13.6 Å². The van der Waals surface area contributed by atoms with E-state index in [9.17, 15) is 0 Å². The minimum Gasteiger partial charge on any atom is -0.409 e.